The van der Waals surface area contributed by atoms with Gasteiger partial charge in [-0.1, -0.05) is 18.2 Å². The maximum atomic E-state index is 5.37. The summed E-state index contributed by atoms with van der Waals surface area (Å²) in [5.41, 5.74) is 0.835. The van der Waals surface area contributed by atoms with E-state index in [1.807, 2.05) is 0 Å². The van der Waals surface area contributed by atoms with Crippen molar-refractivity contribution >= 4 is 11.6 Å². The number of hydrogen-bond acceptors (Lipinski definition) is 1. The quantitative estimate of drug-likeness (QED) is 0.717. The fourth-order valence-corrected chi connectivity index (χ4v) is 0.467. The summed E-state index contributed by atoms with van der Waals surface area (Å²) in [7, 11) is 0. The average molecular weight is 308 g/mol. The summed E-state index contributed by atoms with van der Waals surface area (Å²) in [6, 6.07) is 0. The third-order valence-electron chi connectivity index (χ3n) is 0.651. The Morgan fingerprint density at radius 2 is 2.50 bits per heavy atom. The Labute approximate surface area is 66.0 Å². The summed E-state index contributed by atoms with van der Waals surface area (Å²) in [4.78, 5) is 7.49. The zero-order chi connectivity index (χ0) is 5.11. The summed E-state index contributed by atoms with van der Waals surface area (Å²) in [5.74, 6) is 0.458. The summed E-state index contributed by atoms with van der Waals surface area (Å²) in [6.07, 6.45) is 3.13. The number of alkyl halides is 1. The Morgan fingerprint density at radius 1 is 1.75 bits per heavy atom. The molecule has 47 valence electrons. The van der Waals surface area contributed by atoms with Gasteiger partial charge in [-0.15, -0.1) is 11.6 Å². The van der Waals surface area contributed by atoms with E-state index in [4.69, 9.17) is 11.6 Å². The largest absolute Gasteiger partial charge is 0.450 e. The van der Waals surface area contributed by atoms with Gasteiger partial charge in [0.25, 0.3) is 0 Å². The molecule has 0 N–H and O–H groups in total. The van der Waals surface area contributed by atoms with Gasteiger partial charge in [0.15, 0.2) is 0 Å². The maximum Gasteiger partial charge on any atom is 0.0432 e. The average Bonchev–Trinajstić information content (AvgIpc) is 2.14. The van der Waals surface area contributed by atoms with E-state index in [2.05, 4.69) is 9.97 Å². The third-order valence-corrected chi connectivity index (χ3v) is 0.925. The molecule has 4 heteroatoms. The van der Waals surface area contributed by atoms with Crippen molar-refractivity contribution < 1.29 is 20.1 Å². The van der Waals surface area contributed by atoms with Crippen LogP contribution in [-0.2, 0) is 26.0 Å². The Balaban J connectivity index is 0.000000490. The first-order valence-electron chi connectivity index (χ1n) is 1.91. The molecule has 0 aliphatic rings. The fraction of sp³-hybridized carbons (Fsp3) is 0.250. The fourth-order valence-electron chi connectivity index (χ4n) is 0.329. The first kappa shape index (κ1) is 8.15. The minimum Gasteiger partial charge on any atom is -0.450 e. The van der Waals surface area contributed by atoms with Crippen LogP contribution in [0.2, 0.25) is 0 Å². The van der Waals surface area contributed by atoms with Crippen LogP contribution in [0, 0.1) is 0 Å². The molecule has 1 rings (SSSR count). The molecular formula is C4H4ClIrN2-. The second-order valence-corrected chi connectivity index (χ2v) is 1.41. The van der Waals surface area contributed by atoms with Crippen molar-refractivity contribution in [2.45, 2.75) is 5.88 Å². The third kappa shape index (κ3) is 1.95. The molecule has 0 aromatic carbocycles. The predicted octanol–water partition coefficient (Wildman–Crippen LogP) is 0.775. The number of aromatic nitrogens is 2. The monoisotopic (exact) mass is 308 g/mol. The molecule has 0 saturated carbocycles. The standard InChI is InChI=1S/C4H4ClN2.Ir/c5-1-4-2-6-3-7-4;/h2-3H,1H2;/q-1;. The van der Waals surface area contributed by atoms with Crippen LogP contribution in [0.4, 0.5) is 0 Å². The summed E-state index contributed by atoms with van der Waals surface area (Å²) in [6.45, 7) is 0. The SMILES string of the molecule is ClCc1c[n-]cn1.[Ir]. The molecule has 1 aromatic heterocycles. The van der Waals surface area contributed by atoms with Crippen LogP contribution in [0.15, 0.2) is 12.5 Å². The van der Waals surface area contributed by atoms with Crippen molar-refractivity contribution in [3.05, 3.63) is 18.2 Å². The Bertz CT molecular complexity index is 129. The van der Waals surface area contributed by atoms with Crippen molar-refractivity contribution in [3.63, 3.8) is 0 Å². The van der Waals surface area contributed by atoms with E-state index in [0.717, 1.165) is 5.69 Å². The molecule has 1 heterocycles. The van der Waals surface area contributed by atoms with Gasteiger partial charge >= 0.3 is 0 Å². The minimum atomic E-state index is 0. The Morgan fingerprint density at radius 3 is 2.75 bits per heavy atom. The number of rotatable bonds is 1. The molecule has 1 aromatic rings. The summed E-state index contributed by atoms with van der Waals surface area (Å²) in [5, 5.41) is 0. The molecule has 0 bridgehead atoms. The van der Waals surface area contributed by atoms with E-state index in [1.54, 1.807) is 6.20 Å². The number of hydrogen-bond donors (Lipinski definition) is 0. The minimum absolute atomic E-state index is 0. The molecule has 0 spiro atoms. The molecule has 0 aliphatic carbocycles. The van der Waals surface area contributed by atoms with Gasteiger partial charge in [0.2, 0.25) is 0 Å². The van der Waals surface area contributed by atoms with E-state index in [0.29, 0.717) is 5.88 Å². The predicted molar refractivity (Wildman–Crippen MR) is 27.1 cm³/mol. The van der Waals surface area contributed by atoms with Crippen LogP contribution < -0.4 is 4.98 Å². The molecule has 0 fully saturated rings. The molecule has 8 heavy (non-hydrogen) atoms. The molecule has 1 radical (unpaired) electrons. The zero-order valence-electron chi connectivity index (χ0n) is 3.97. The van der Waals surface area contributed by atoms with Crippen molar-refractivity contribution in [1.82, 2.24) is 9.97 Å². The smallest absolute Gasteiger partial charge is 0.0432 e. The first-order chi connectivity index (χ1) is 3.43. The van der Waals surface area contributed by atoms with Crippen LogP contribution in [0.3, 0.4) is 0 Å². The summed E-state index contributed by atoms with van der Waals surface area (Å²) >= 11 is 5.37. The first-order valence-corrected chi connectivity index (χ1v) is 2.44. The number of nitrogens with zero attached hydrogens (tertiary/aromatic N) is 2. The van der Waals surface area contributed by atoms with Crippen LogP contribution in [-0.4, -0.2) is 4.98 Å². The number of imidazole rings is 1. The van der Waals surface area contributed by atoms with E-state index >= 15 is 0 Å². The van der Waals surface area contributed by atoms with E-state index in [1.165, 1.54) is 6.33 Å². The Kier molecular flexibility index (Phi) is 4.15. The molecule has 0 amide bonds. The van der Waals surface area contributed by atoms with E-state index < -0.39 is 0 Å². The van der Waals surface area contributed by atoms with Gasteiger partial charge in [-0.05, 0) is 0 Å². The van der Waals surface area contributed by atoms with Gasteiger partial charge in [-0.3, -0.25) is 0 Å². The normalized spacial score (nSPS) is 8.12. The van der Waals surface area contributed by atoms with Crippen molar-refractivity contribution in [2.75, 3.05) is 0 Å². The van der Waals surface area contributed by atoms with E-state index in [-0.39, 0.29) is 20.1 Å². The van der Waals surface area contributed by atoms with Gasteiger partial charge in [0.05, 0.1) is 0 Å². The van der Waals surface area contributed by atoms with Gasteiger partial charge in [-0.2, -0.15) is 0 Å². The van der Waals surface area contributed by atoms with Gasteiger partial charge < -0.3 is 9.97 Å². The van der Waals surface area contributed by atoms with Gasteiger partial charge in [0, 0.05) is 26.0 Å². The maximum absolute atomic E-state index is 5.37. The van der Waals surface area contributed by atoms with E-state index in [9.17, 15) is 0 Å². The molecule has 0 aliphatic heterocycles. The molecule has 0 unspecified atom stereocenters. The van der Waals surface area contributed by atoms with Gasteiger partial charge in [-0.25, -0.2) is 0 Å². The summed E-state index contributed by atoms with van der Waals surface area (Å²) < 4.78 is 0. The van der Waals surface area contributed by atoms with Crippen LogP contribution in [0.1, 0.15) is 5.69 Å². The second-order valence-electron chi connectivity index (χ2n) is 1.15. The van der Waals surface area contributed by atoms with Crippen molar-refractivity contribution in [3.8, 4) is 0 Å². The van der Waals surface area contributed by atoms with Crippen molar-refractivity contribution in [2.24, 2.45) is 0 Å². The molecule has 0 atom stereocenters. The Hall–Kier alpha value is 0.149. The number of halogens is 1. The van der Waals surface area contributed by atoms with Crippen molar-refractivity contribution in [1.29, 1.82) is 0 Å². The van der Waals surface area contributed by atoms with Crippen LogP contribution >= 0.6 is 11.6 Å². The molecule has 2 nitrogen and oxygen atoms in total. The van der Waals surface area contributed by atoms with Crippen LogP contribution in [0.25, 0.3) is 0 Å². The topological polar surface area (TPSA) is 27.0 Å². The molecule has 0 saturated heterocycles. The zero-order valence-corrected chi connectivity index (χ0v) is 7.12. The van der Waals surface area contributed by atoms with Crippen LogP contribution in [0.5, 0.6) is 0 Å². The van der Waals surface area contributed by atoms with Gasteiger partial charge in [0.1, 0.15) is 0 Å². The molecular weight excluding hydrogens is 304 g/mol. The second kappa shape index (κ2) is 4.07.